The Morgan fingerprint density at radius 2 is 1.80 bits per heavy atom. The van der Waals surface area contributed by atoms with Gasteiger partial charge in [0.25, 0.3) is 5.91 Å². The molecule has 154 valence electrons. The van der Waals surface area contributed by atoms with Gasteiger partial charge in [0, 0.05) is 5.56 Å². The van der Waals surface area contributed by atoms with Crippen LogP contribution in [-0.2, 0) is 4.79 Å². The number of benzene rings is 2. The summed E-state index contributed by atoms with van der Waals surface area (Å²) in [5, 5.41) is 12.5. The van der Waals surface area contributed by atoms with Gasteiger partial charge in [0.1, 0.15) is 17.1 Å². The van der Waals surface area contributed by atoms with Gasteiger partial charge in [-0.2, -0.15) is 0 Å². The second kappa shape index (κ2) is 9.41. The minimum atomic E-state index is -1.01. The maximum absolute atomic E-state index is 12.9. The molecule has 0 saturated heterocycles. The number of carboxylic acids is 1. The molecular weight excluding hydrogens is 404 g/mol. The number of aryl methyl sites for hydroxylation is 1. The van der Waals surface area contributed by atoms with Gasteiger partial charge in [-0.15, -0.1) is 0 Å². The maximum Gasteiger partial charge on any atom is 0.305 e. The van der Waals surface area contributed by atoms with E-state index in [1.165, 1.54) is 13.2 Å². The van der Waals surface area contributed by atoms with Gasteiger partial charge in [-0.05, 0) is 30.7 Å². The number of pyridine rings is 1. The van der Waals surface area contributed by atoms with Crippen LogP contribution in [0, 0.1) is 6.92 Å². The number of carbonyl (C=O) groups is 2. The average Bonchev–Trinajstić information content (AvgIpc) is 2.73. The van der Waals surface area contributed by atoms with Crippen molar-refractivity contribution in [1.82, 2.24) is 10.3 Å². The monoisotopic (exact) mass is 424 g/mol. The van der Waals surface area contributed by atoms with Crippen LogP contribution in [0.3, 0.4) is 0 Å². The second-order valence-corrected chi connectivity index (χ2v) is 7.17. The van der Waals surface area contributed by atoms with Crippen LogP contribution in [0.25, 0.3) is 11.3 Å². The number of hydrogen-bond acceptors (Lipinski definition) is 4. The second-order valence-electron chi connectivity index (χ2n) is 6.76. The molecule has 1 heterocycles. The molecule has 3 rings (SSSR count). The lowest BCUT2D eigenvalue weighted by molar-refractivity contribution is -0.137. The van der Waals surface area contributed by atoms with Crippen LogP contribution in [-0.4, -0.2) is 29.1 Å². The topological polar surface area (TPSA) is 88.5 Å². The largest absolute Gasteiger partial charge is 0.494 e. The molecule has 0 radical (unpaired) electrons. The lowest BCUT2D eigenvalue weighted by atomic mass is 10.0. The number of carboxylic acid groups (broad SMARTS) is 1. The number of ether oxygens (including phenoxy) is 1. The first-order chi connectivity index (χ1) is 14.4. The van der Waals surface area contributed by atoms with Gasteiger partial charge >= 0.3 is 5.97 Å². The fraction of sp³-hybridized carbons (Fsp3) is 0.174. The highest BCUT2D eigenvalue weighted by molar-refractivity contribution is 6.33. The summed E-state index contributed by atoms with van der Waals surface area (Å²) in [6.07, 6.45) is -0.248. The van der Waals surface area contributed by atoms with Crippen molar-refractivity contribution in [2.45, 2.75) is 19.4 Å². The zero-order valence-corrected chi connectivity index (χ0v) is 17.3. The maximum atomic E-state index is 12.9. The van der Waals surface area contributed by atoms with Crippen molar-refractivity contribution in [3.8, 4) is 17.0 Å². The number of methoxy groups -OCH3 is 1. The summed E-state index contributed by atoms with van der Waals surface area (Å²) in [7, 11) is 1.51. The Morgan fingerprint density at radius 3 is 2.43 bits per heavy atom. The molecule has 0 bridgehead atoms. The van der Waals surface area contributed by atoms with Crippen LogP contribution < -0.4 is 10.1 Å². The van der Waals surface area contributed by atoms with Crippen LogP contribution in [0.1, 0.15) is 34.1 Å². The average molecular weight is 425 g/mol. The van der Waals surface area contributed by atoms with Gasteiger partial charge in [-0.1, -0.05) is 59.6 Å². The predicted octanol–water partition coefficient (Wildman–Crippen LogP) is 4.66. The van der Waals surface area contributed by atoms with Gasteiger partial charge in [-0.25, -0.2) is 4.98 Å². The lowest BCUT2D eigenvalue weighted by Gasteiger charge is -2.18. The number of nitrogens with one attached hydrogen (secondary N) is 1. The van der Waals surface area contributed by atoms with Crippen molar-refractivity contribution >= 4 is 23.5 Å². The molecule has 0 aliphatic heterocycles. The SMILES string of the molecule is COc1ccc(C(=O)NC(CC(=O)O)c2ccc(C)cc2)nc1-c1ccccc1Cl. The molecule has 0 fully saturated rings. The Balaban J connectivity index is 1.93. The summed E-state index contributed by atoms with van der Waals surface area (Å²) in [6.45, 7) is 1.94. The van der Waals surface area contributed by atoms with E-state index in [0.29, 0.717) is 27.6 Å². The van der Waals surface area contributed by atoms with E-state index < -0.39 is 17.9 Å². The van der Waals surface area contributed by atoms with E-state index in [-0.39, 0.29) is 12.1 Å². The molecule has 0 saturated carbocycles. The number of nitrogens with zero attached hydrogens (tertiary/aromatic N) is 1. The number of amides is 1. The molecule has 2 aromatic carbocycles. The fourth-order valence-corrected chi connectivity index (χ4v) is 3.27. The first-order valence-electron chi connectivity index (χ1n) is 9.28. The number of aromatic nitrogens is 1. The number of rotatable bonds is 7. The Labute approximate surface area is 179 Å². The van der Waals surface area contributed by atoms with E-state index in [9.17, 15) is 14.7 Å². The Hall–Kier alpha value is -3.38. The highest BCUT2D eigenvalue weighted by atomic mass is 35.5. The number of aliphatic carboxylic acids is 1. The molecule has 1 amide bonds. The Morgan fingerprint density at radius 1 is 1.10 bits per heavy atom. The molecular formula is C23H21ClN2O4. The summed E-state index contributed by atoms with van der Waals surface area (Å²) in [4.78, 5) is 28.7. The summed E-state index contributed by atoms with van der Waals surface area (Å²) in [5.74, 6) is -1.03. The van der Waals surface area contributed by atoms with Crippen LogP contribution in [0.15, 0.2) is 60.7 Å². The van der Waals surface area contributed by atoms with Crippen molar-refractivity contribution in [3.63, 3.8) is 0 Å². The van der Waals surface area contributed by atoms with Crippen molar-refractivity contribution in [2.24, 2.45) is 0 Å². The third-order valence-corrected chi connectivity index (χ3v) is 4.93. The Bertz CT molecular complexity index is 1070. The van der Waals surface area contributed by atoms with Crippen LogP contribution in [0.5, 0.6) is 5.75 Å². The van der Waals surface area contributed by atoms with Gasteiger partial charge in [0.05, 0.1) is 24.6 Å². The van der Waals surface area contributed by atoms with E-state index >= 15 is 0 Å². The number of hydrogen-bond donors (Lipinski definition) is 2. The van der Waals surface area contributed by atoms with E-state index in [4.69, 9.17) is 16.3 Å². The molecule has 30 heavy (non-hydrogen) atoms. The molecule has 0 aliphatic carbocycles. The molecule has 1 atom stereocenters. The molecule has 6 nitrogen and oxygen atoms in total. The van der Waals surface area contributed by atoms with E-state index in [2.05, 4.69) is 10.3 Å². The highest BCUT2D eigenvalue weighted by Crippen LogP contribution is 2.33. The first-order valence-corrected chi connectivity index (χ1v) is 9.66. The third kappa shape index (κ3) is 4.96. The van der Waals surface area contributed by atoms with Gasteiger partial charge < -0.3 is 15.2 Å². The van der Waals surface area contributed by atoms with E-state index in [1.807, 2.05) is 25.1 Å². The van der Waals surface area contributed by atoms with E-state index in [1.54, 1.807) is 36.4 Å². The quantitative estimate of drug-likeness (QED) is 0.575. The molecule has 1 unspecified atom stereocenters. The summed E-state index contributed by atoms with van der Waals surface area (Å²) < 4.78 is 5.37. The van der Waals surface area contributed by atoms with Gasteiger partial charge in [0.2, 0.25) is 0 Å². The number of carbonyl (C=O) groups excluding carboxylic acids is 1. The standard InChI is InChI=1S/C23H21ClN2O4/c1-14-7-9-15(10-8-14)19(13-21(27)28)26-23(29)18-11-12-20(30-2)22(25-18)16-5-3-4-6-17(16)24/h3-12,19H,13H2,1-2H3,(H,26,29)(H,27,28). The summed E-state index contributed by atoms with van der Waals surface area (Å²) in [6, 6.07) is 17.0. The smallest absolute Gasteiger partial charge is 0.305 e. The van der Waals surface area contributed by atoms with Gasteiger partial charge in [-0.3, -0.25) is 9.59 Å². The van der Waals surface area contributed by atoms with Crippen LogP contribution in [0.4, 0.5) is 0 Å². The first kappa shape index (κ1) is 21.3. The van der Waals surface area contributed by atoms with Crippen LogP contribution in [0.2, 0.25) is 5.02 Å². The normalized spacial score (nSPS) is 11.6. The minimum absolute atomic E-state index is 0.133. The van der Waals surface area contributed by atoms with Crippen molar-refractivity contribution in [1.29, 1.82) is 0 Å². The van der Waals surface area contributed by atoms with Crippen molar-refractivity contribution in [3.05, 3.63) is 82.5 Å². The van der Waals surface area contributed by atoms with Gasteiger partial charge in [0.15, 0.2) is 0 Å². The molecule has 2 N–H and O–H groups in total. The highest BCUT2D eigenvalue weighted by Gasteiger charge is 2.21. The zero-order valence-electron chi connectivity index (χ0n) is 16.6. The lowest BCUT2D eigenvalue weighted by Crippen LogP contribution is -2.31. The van der Waals surface area contributed by atoms with E-state index in [0.717, 1.165) is 5.56 Å². The van der Waals surface area contributed by atoms with Crippen molar-refractivity contribution in [2.75, 3.05) is 7.11 Å². The Kier molecular flexibility index (Phi) is 6.69. The molecule has 3 aromatic rings. The molecule has 0 spiro atoms. The molecule has 1 aromatic heterocycles. The fourth-order valence-electron chi connectivity index (χ4n) is 3.04. The van der Waals surface area contributed by atoms with Crippen molar-refractivity contribution < 1.29 is 19.4 Å². The number of halogens is 1. The van der Waals surface area contributed by atoms with Crippen LogP contribution >= 0.6 is 11.6 Å². The third-order valence-electron chi connectivity index (χ3n) is 4.60. The molecule has 0 aliphatic rings. The summed E-state index contributed by atoms with van der Waals surface area (Å²) >= 11 is 6.29. The zero-order chi connectivity index (χ0) is 21.7. The predicted molar refractivity (Wildman–Crippen MR) is 115 cm³/mol. The minimum Gasteiger partial charge on any atom is -0.494 e. The summed E-state index contributed by atoms with van der Waals surface area (Å²) in [5.41, 5.74) is 2.94. The molecule has 7 heteroatoms.